The van der Waals surface area contributed by atoms with Crippen molar-refractivity contribution in [2.75, 3.05) is 6.54 Å². The van der Waals surface area contributed by atoms with E-state index in [1.165, 1.54) is 0 Å². The van der Waals surface area contributed by atoms with E-state index in [9.17, 15) is 19.6 Å². The molecule has 2 rings (SSSR count). The number of hydrogen-bond acceptors (Lipinski definition) is 6. The third-order valence-corrected chi connectivity index (χ3v) is 5.39. The van der Waals surface area contributed by atoms with E-state index in [1.54, 1.807) is 5.48 Å². The monoisotopic (exact) mass is 408 g/mol. The number of aryl methyl sites for hydroxylation is 1. The third kappa shape index (κ3) is 6.50. The van der Waals surface area contributed by atoms with Crippen LogP contribution >= 0.6 is 12.1 Å². The quantitative estimate of drug-likeness (QED) is 0.267. The molecule has 28 heavy (non-hydrogen) atoms. The first-order chi connectivity index (χ1) is 13.4. The minimum Gasteiger partial charge on any atom is -0.289 e. The van der Waals surface area contributed by atoms with Crippen molar-refractivity contribution in [3.8, 4) is 0 Å². The molecule has 0 aliphatic carbocycles. The van der Waals surface area contributed by atoms with Gasteiger partial charge in [0.15, 0.2) is 0 Å². The smallest absolute Gasteiger partial charge is 0.267 e. The van der Waals surface area contributed by atoms with E-state index in [1.807, 2.05) is 44.2 Å². The van der Waals surface area contributed by atoms with E-state index in [0.717, 1.165) is 28.5 Å². The second kappa shape index (κ2) is 11.0. The van der Waals surface area contributed by atoms with Gasteiger partial charge in [-0.2, -0.15) is 4.41 Å². The maximum atomic E-state index is 12.9. The maximum Gasteiger partial charge on any atom is 0.267 e. The van der Waals surface area contributed by atoms with Crippen molar-refractivity contribution in [1.29, 1.82) is 0 Å². The molecule has 0 bridgehead atoms. The normalized spacial score (nSPS) is 16.1. The lowest BCUT2D eigenvalue weighted by atomic mass is 9.81. The van der Waals surface area contributed by atoms with Crippen LogP contribution < -0.4 is 15.6 Å². The fourth-order valence-electron chi connectivity index (χ4n) is 3.28. The zero-order chi connectivity index (χ0) is 20.5. The number of hydrazine groups is 1. The van der Waals surface area contributed by atoms with Crippen molar-refractivity contribution < 1.29 is 19.6 Å². The van der Waals surface area contributed by atoms with Gasteiger partial charge < -0.3 is 0 Å². The summed E-state index contributed by atoms with van der Waals surface area (Å²) in [5, 5.41) is 9.20. The molecule has 3 amide bonds. The highest BCUT2D eigenvalue weighted by Crippen LogP contribution is 2.27. The summed E-state index contributed by atoms with van der Waals surface area (Å²) in [5.41, 5.74) is 5.45. The van der Waals surface area contributed by atoms with Crippen molar-refractivity contribution in [2.24, 2.45) is 17.8 Å². The Kier molecular flexibility index (Phi) is 8.75. The summed E-state index contributed by atoms with van der Waals surface area (Å²) < 4.78 is 3.93. The summed E-state index contributed by atoms with van der Waals surface area (Å²) in [6.07, 6.45) is 2.39. The van der Waals surface area contributed by atoms with E-state index >= 15 is 0 Å². The first-order valence-electron chi connectivity index (χ1n) is 9.43. The standard InChI is InChI=1S/C19H28N4O4S/c1-13(2)11-16(18(25)21-23-17(24)12-20-28-23)15(19(26)22-27)10-6-9-14-7-4-3-5-8-14/h3-5,7-8,13,15-16,20,27H,6,9-12H2,1-2H3,(H,21,25)(H,22,26)/t15-,16+/m0/s1. The lowest BCUT2D eigenvalue weighted by molar-refractivity contribution is -0.143. The number of benzene rings is 1. The van der Waals surface area contributed by atoms with Gasteiger partial charge in [0.1, 0.15) is 0 Å². The molecule has 1 aromatic carbocycles. The van der Waals surface area contributed by atoms with Crippen LogP contribution in [0.1, 0.15) is 38.7 Å². The molecule has 4 N–H and O–H groups in total. The number of carbonyl (C=O) groups is 3. The van der Waals surface area contributed by atoms with Gasteiger partial charge in [0.05, 0.1) is 30.5 Å². The van der Waals surface area contributed by atoms with Crippen molar-refractivity contribution in [2.45, 2.75) is 39.5 Å². The molecule has 0 saturated carbocycles. The Morgan fingerprint density at radius 2 is 1.93 bits per heavy atom. The first-order valence-corrected chi connectivity index (χ1v) is 10.2. The Balaban J connectivity index is 2.07. The number of hydrogen-bond donors (Lipinski definition) is 4. The summed E-state index contributed by atoms with van der Waals surface area (Å²) in [6.45, 7) is 4.07. The molecular weight excluding hydrogens is 380 g/mol. The van der Waals surface area contributed by atoms with E-state index < -0.39 is 23.7 Å². The Bertz CT molecular complexity index is 671. The summed E-state index contributed by atoms with van der Waals surface area (Å²) >= 11 is 1.01. The first kappa shape index (κ1) is 22.2. The van der Waals surface area contributed by atoms with Gasteiger partial charge in [0.25, 0.3) is 5.91 Å². The zero-order valence-electron chi connectivity index (χ0n) is 16.2. The largest absolute Gasteiger partial charge is 0.289 e. The number of nitrogens with one attached hydrogen (secondary N) is 3. The van der Waals surface area contributed by atoms with Crippen molar-refractivity contribution >= 4 is 29.9 Å². The molecule has 2 atom stereocenters. The van der Waals surface area contributed by atoms with Gasteiger partial charge in [-0.1, -0.05) is 44.2 Å². The van der Waals surface area contributed by atoms with E-state index in [-0.39, 0.29) is 18.4 Å². The van der Waals surface area contributed by atoms with Crippen LogP contribution in [0, 0.1) is 17.8 Å². The number of hydroxylamine groups is 1. The SMILES string of the molecule is CC(C)C[C@@H](C(=O)NN1SNCC1=O)[C@H](CCCc1ccccc1)C(=O)NO. The molecule has 0 spiro atoms. The summed E-state index contributed by atoms with van der Waals surface area (Å²) in [5.74, 6) is -2.41. The van der Waals surface area contributed by atoms with E-state index in [2.05, 4.69) is 10.1 Å². The third-order valence-electron chi connectivity index (χ3n) is 4.64. The van der Waals surface area contributed by atoms with Crippen LogP contribution in [0.3, 0.4) is 0 Å². The van der Waals surface area contributed by atoms with Crippen LogP contribution in [-0.2, 0) is 20.8 Å². The maximum absolute atomic E-state index is 12.9. The lowest BCUT2D eigenvalue weighted by Gasteiger charge is -2.27. The molecule has 1 fully saturated rings. The number of rotatable bonds is 10. The highest BCUT2D eigenvalue weighted by molar-refractivity contribution is 7.96. The fourth-order valence-corrected chi connectivity index (χ4v) is 3.90. The van der Waals surface area contributed by atoms with Gasteiger partial charge in [0.2, 0.25) is 11.8 Å². The van der Waals surface area contributed by atoms with Crippen LogP contribution in [0.2, 0.25) is 0 Å². The van der Waals surface area contributed by atoms with Crippen LogP contribution in [-0.4, -0.2) is 33.9 Å². The van der Waals surface area contributed by atoms with Gasteiger partial charge in [0, 0.05) is 0 Å². The highest BCUT2D eigenvalue weighted by atomic mass is 32.2. The van der Waals surface area contributed by atoms with E-state index in [0.29, 0.717) is 19.3 Å². The molecule has 1 heterocycles. The molecule has 0 unspecified atom stereocenters. The molecule has 9 heteroatoms. The molecule has 1 aliphatic rings. The average molecular weight is 409 g/mol. The summed E-state index contributed by atoms with van der Waals surface area (Å²) in [4.78, 5) is 37.0. The van der Waals surface area contributed by atoms with Gasteiger partial charge in [-0.15, -0.1) is 0 Å². The Hall–Kier alpha value is -2.10. The minimum absolute atomic E-state index is 0.136. The molecule has 1 saturated heterocycles. The predicted octanol–water partition coefficient (Wildman–Crippen LogP) is 1.82. The second-order valence-corrected chi connectivity index (χ2v) is 8.11. The van der Waals surface area contributed by atoms with Gasteiger partial charge in [-0.3, -0.25) is 25.0 Å². The fraction of sp³-hybridized carbons (Fsp3) is 0.526. The van der Waals surface area contributed by atoms with Crippen LogP contribution in [0.5, 0.6) is 0 Å². The predicted molar refractivity (Wildman–Crippen MR) is 106 cm³/mol. The lowest BCUT2D eigenvalue weighted by Crippen LogP contribution is -2.47. The van der Waals surface area contributed by atoms with Crippen molar-refractivity contribution in [3.05, 3.63) is 35.9 Å². The molecule has 1 aliphatic heterocycles. The number of nitrogens with zero attached hydrogens (tertiary/aromatic N) is 1. The van der Waals surface area contributed by atoms with Crippen LogP contribution in [0.4, 0.5) is 0 Å². The molecule has 0 radical (unpaired) electrons. The van der Waals surface area contributed by atoms with Gasteiger partial charge in [-0.25, -0.2) is 10.2 Å². The number of amides is 3. The average Bonchev–Trinajstić information content (AvgIpc) is 3.08. The molecule has 154 valence electrons. The van der Waals surface area contributed by atoms with E-state index in [4.69, 9.17) is 0 Å². The number of carbonyl (C=O) groups excluding carboxylic acids is 3. The Labute approximate surface area is 169 Å². The molecular formula is C19H28N4O4S. The van der Waals surface area contributed by atoms with Crippen molar-refractivity contribution in [1.82, 2.24) is 20.0 Å². The topological polar surface area (TPSA) is 111 Å². The van der Waals surface area contributed by atoms with Crippen LogP contribution in [0.15, 0.2) is 30.3 Å². The Morgan fingerprint density at radius 3 is 2.50 bits per heavy atom. The van der Waals surface area contributed by atoms with Gasteiger partial charge in [-0.05, 0) is 37.2 Å². The summed E-state index contributed by atoms with van der Waals surface area (Å²) in [6, 6.07) is 9.90. The molecule has 1 aromatic rings. The Morgan fingerprint density at radius 1 is 1.21 bits per heavy atom. The minimum atomic E-state index is -0.688. The second-order valence-electron chi connectivity index (χ2n) is 7.27. The molecule has 8 nitrogen and oxygen atoms in total. The van der Waals surface area contributed by atoms with Gasteiger partial charge >= 0.3 is 0 Å². The van der Waals surface area contributed by atoms with Crippen LogP contribution in [0.25, 0.3) is 0 Å². The molecule has 0 aromatic heterocycles. The zero-order valence-corrected chi connectivity index (χ0v) is 17.0. The van der Waals surface area contributed by atoms with Crippen molar-refractivity contribution in [3.63, 3.8) is 0 Å². The highest BCUT2D eigenvalue weighted by Gasteiger charge is 2.36. The summed E-state index contributed by atoms with van der Waals surface area (Å²) in [7, 11) is 0.